The summed E-state index contributed by atoms with van der Waals surface area (Å²) in [5, 5.41) is 4.40. The summed E-state index contributed by atoms with van der Waals surface area (Å²) in [6, 6.07) is 22.3. The number of H-pyrrole nitrogens is 1. The molecule has 0 bridgehead atoms. The van der Waals surface area contributed by atoms with Gasteiger partial charge in [-0.1, -0.05) is 54.1 Å². The van der Waals surface area contributed by atoms with Crippen LogP contribution >= 0.6 is 11.6 Å². The van der Waals surface area contributed by atoms with Gasteiger partial charge in [0.15, 0.2) is 0 Å². The molecule has 0 radical (unpaired) electrons. The third-order valence-electron chi connectivity index (χ3n) is 5.33. The Labute approximate surface area is 191 Å². The molecule has 0 aliphatic carbocycles. The number of anilines is 1. The standard InChI is InChI=1S/C26H24ClN3O2/c1-17-11-18(2)23-13-20(25(31)29-24(23)12-17)16-30(15-19-7-4-3-5-8-19)26(32)28-22-10-6-9-21(27)14-22/h3-14H,15-16H2,1-2H3,(H,28,32)(H,29,31). The van der Waals surface area contributed by atoms with E-state index >= 15 is 0 Å². The van der Waals surface area contributed by atoms with Crippen LogP contribution in [-0.2, 0) is 13.1 Å². The number of nitrogens with zero attached hydrogens (tertiary/aromatic N) is 1. The van der Waals surface area contributed by atoms with E-state index in [4.69, 9.17) is 11.6 Å². The minimum atomic E-state index is -0.309. The van der Waals surface area contributed by atoms with Crippen molar-refractivity contribution in [1.82, 2.24) is 9.88 Å². The molecule has 0 fully saturated rings. The van der Waals surface area contributed by atoms with Crippen LogP contribution in [0.1, 0.15) is 22.3 Å². The number of aromatic amines is 1. The van der Waals surface area contributed by atoms with E-state index in [1.54, 1.807) is 29.2 Å². The summed E-state index contributed by atoms with van der Waals surface area (Å²) in [5.41, 5.74) is 4.87. The van der Waals surface area contributed by atoms with E-state index in [9.17, 15) is 9.59 Å². The molecule has 4 aromatic rings. The number of carbonyl (C=O) groups excluding carboxylic acids is 1. The summed E-state index contributed by atoms with van der Waals surface area (Å²) < 4.78 is 0. The average Bonchev–Trinajstić information content (AvgIpc) is 2.74. The lowest BCUT2D eigenvalue weighted by atomic mass is 10.0. The Morgan fingerprint density at radius 2 is 1.75 bits per heavy atom. The Kier molecular flexibility index (Phi) is 6.28. The highest BCUT2D eigenvalue weighted by Crippen LogP contribution is 2.20. The van der Waals surface area contributed by atoms with Gasteiger partial charge in [-0.2, -0.15) is 0 Å². The van der Waals surface area contributed by atoms with Gasteiger partial charge in [0.2, 0.25) is 0 Å². The number of hydrogen-bond donors (Lipinski definition) is 2. The van der Waals surface area contributed by atoms with E-state index in [1.807, 2.05) is 56.3 Å². The molecule has 0 aliphatic heterocycles. The lowest BCUT2D eigenvalue weighted by Gasteiger charge is -2.23. The number of hydrogen-bond acceptors (Lipinski definition) is 2. The highest BCUT2D eigenvalue weighted by Gasteiger charge is 2.17. The first-order chi connectivity index (χ1) is 15.4. The number of pyridine rings is 1. The van der Waals surface area contributed by atoms with Crippen molar-refractivity contribution < 1.29 is 4.79 Å². The third-order valence-corrected chi connectivity index (χ3v) is 5.57. The molecule has 1 aromatic heterocycles. The van der Waals surface area contributed by atoms with E-state index in [2.05, 4.69) is 16.4 Å². The quantitative estimate of drug-likeness (QED) is 0.393. The van der Waals surface area contributed by atoms with Crippen molar-refractivity contribution in [3.8, 4) is 0 Å². The second-order valence-electron chi connectivity index (χ2n) is 7.95. The normalized spacial score (nSPS) is 10.8. The number of aryl methyl sites for hydroxylation is 2. The summed E-state index contributed by atoms with van der Waals surface area (Å²) in [4.78, 5) is 30.6. The number of amides is 2. The zero-order valence-corrected chi connectivity index (χ0v) is 18.7. The van der Waals surface area contributed by atoms with Gasteiger partial charge in [0, 0.05) is 33.7 Å². The summed E-state index contributed by atoms with van der Waals surface area (Å²) in [5.74, 6) is 0. The van der Waals surface area contributed by atoms with Gasteiger partial charge in [-0.25, -0.2) is 4.79 Å². The molecule has 3 aromatic carbocycles. The largest absolute Gasteiger partial charge is 0.322 e. The zero-order valence-electron chi connectivity index (χ0n) is 18.0. The van der Waals surface area contributed by atoms with Crippen LogP contribution in [0.2, 0.25) is 5.02 Å². The summed E-state index contributed by atoms with van der Waals surface area (Å²) in [7, 11) is 0. The van der Waals surface area contributed by atoms with E-state index in [-0.39, 0.29) is 18.1 Å². The van der Waals surface area contributed by atoms with Crippen LogP contribution in [0.3, 0.4) is 0 Å². The molecule has 0 spiro atoms. The van der Waals surface area contributed by atoms with Crippen LogP contribution in [-0.4, -0.2) is 15.9 Å². The molecule has 0 unspecified atom stereocenters. The van der Waals surface area contributed by atoms with Gasteiger partial charge in [0.05, 0.1) is 6.54 Å². The first kappa shape index (κ1) is 21.7. The molecule has 0 saturated carbocycles. The fourth-order valence-corrected chi connectivity index (χ4v) is 4.00. The van der Waals surface area contributed by atoms with Crippen molar-refractivity contribution >= 4 is 34.2 Å². The number of rotatable bonds is 5. The molecule has 0 aliphatic rings. The number of halogens is 1. The van der Waals surface area contributed by atoms with Crippen LogP contribution < -0.4 is 10.9 Å². The van der Waals surface area contributed by atoms with Gasteiger partial charge in [-0.3, -0.25) is 4.79 Å². The Morgan fingerprint density at radius 1 is 0.969 bits per heavy atom. The molecular formula is C26H24ClN3O2. The van der Waals surface area contributed by atoms with Gasteiger partial charge >= 0.3 is 6.03 Å². The molecule has 0 saturated heterocycles. The van der Waals surface area contributed by atoms with Crippen LogP contribution in [0.25, 0.3) is 10.9 Å². The SMILES string of the molecule is Cc1cc(C)c2cc(CN(Cc3ccccc3)C(=O)Nc3cccc(Cl)c3)c(=O)[nH]c2c1. The smallest absolute Gasteiger partial charge is 0.322 e. The molecular weight excluding hydrogens is 422 g/mol. The predicted octanol–water partition coefficient (Wildman–Crippen LogP) is 6.03. The minimum absolute atomic E-state index is 0.167. The molecule has 2 N–H and O–H groups in total. The molecule has 162 valence electrons. The zero-order chi connectivity index (χ0) is 22.7. The number of carbonyl (C=O) groups is 1. The Hall–Kier alpha value is -3.57. The second-order valence-corrected chi connectivity index (χ2v) is 8.39. The fraction of sp³-hybridized carbons (Fsp3) is 0.154. The molecule has 0 atom stereocenters. The van der Waals surface area contributed by atoms with E-state index in [1.165, 1.54) is 0 Å². The molecule has 32 heavy (non-hydrogen) atoms. The number of fused-ring (bicyclic) bond motifs is 1. The van der Waals surface area contributed by atoms with Gasteiger partial charge in [0.25, 0.3) is 5.56 Å². The first-order valence-corrected chi connectivity index (χ1v) is 10.8. The fourth-order valence-electron chi connectivity index (χ4n) is 3.81. The summed E-state index contributed by atoms with van der Waals surface area (Å²) in [6.07, 6.45) is 0. The molecule has 5 nitrogen and oxygen atoms in total. The summed E-state index contributed by atoms with van der Waals surface area (Å²) in [6.45, 7) is 4.54. The second kappa shape index (κ2) is 9.28. The van der Waals surface area contributed by atoms with Gasteiger partial charge in [0.1, 0.15) is 0 Å². The minimum Gasteiger partial charge on any atom is -0.322 e. The third kappa shape index (κ3) is 5.01. The lowest BCUT2D eigenvalue weighted by Crippen LogP contribution is -2.35. The lowest BCUT2D eigenvalue weighted by molar-refractivity contribution is 0.206. The topological polar surface area (TPSA) is 65.2 Å². The number of urea groups is 1. The van der Waals surface area contributed by atoms with E-state index in [0.29, 0.717) is 22.8 Å². The van der Waals surface area contributed by atoms with Crippen molar-refractivity contribution in [2.45, 2.75) is 26.9 Å². The molecule has 2 amide bonds. The van der Waals surface area contributed by atoms with Crippen molar-refractivity contribution in [3.05, 3.63) is 110 Å². The van der Waals surface area contributed by atoms with Gasteiger partial charge in [-0.15, -0.1) is 0 Å². The van der Waals surface area contributed by atoms with Crippen LogP contribution in [0.4, 0.5) is 10.5 Å². The van der Waals surface area contributed by atoms with Gasteiger partial charge < -0.3 is 15.2 Å². The maximum atomic E-state index is 13.2. The van der Waals surface area contributed by atoms with Crippen molar-refractivity contribution in [3.63, 3.8) is 0 Å². The van der Waals surface area contributed by atoms with Crippen LogP contribution in [0.5, 0.6) is 0 Å². The number of aromatic nitrogens is 1. The van der Waals surface area contributed by atoms with E-state index in [0.717, 1.165) is 27.6 Å². The van der Waals surface area contributed by atoms with Crippen LogP contribution in [0.15, 0.2) is 77.6 Å². The Balaban J connectivity index is 1.67. The molecule has 4 rings (SSSR count). The highest BCUT2D eigenvalue weighted by atomic mass is 35.5. The van der Waals surface area contributed by atoms with Crippen molar-refractivity contribution in [2.75, 3.05) is 5.32 Å². The predicted molar refractivity (Wildman–Crippen MR) is 130 cm³/mol. The molecule has 6 heteroatoms. The number of nitrogens with one attached hydrogen (secondary N) is 2. The Bertz CT molecular complexity index is 1330. The monoisotopic (exact) mass is 445 g/mol. The van der Waals surface area contributed by atoms with Gasteiger partial charge in [-0.05, 0) is 60.9 Å². The first-order valence-electron chi connectivity index (χ1n) is 10.4. The molecule has 1 heterocycles. The number of benzene rings is 3. The highest BCUT2D eigenvalue weighted by molar-refractivity contribution is 6.30. The van der Waals surface area contributed by atoms with E-state index < -0.39 is 0 Å². The maximum absolute atomic E-state index is 13.2. The van der Waals surface area contributed by atoms with Crippen molar-refractivity contribution in [2.24, 2.45) is 0 Å². The van der Waals surface area contributed by atoms with Crippen LogP contribution in [0, 0.1) is 13.8 Å². The Morgan fingerprint density at radius 3 is 2.50 bits per heavy atom. The summed E-state index contributed by atoms with van der Waals surface area (Å²) >= 11 is 6.06. The maximum Gasteiger partial charge on any atom is 0.322 e. The average molecular weight is 446 g/mol. The van der Waals surface area contributed by atoms with Crippen molar-refractivity contribution in [1.29, 1.82) is 0 Å².